The van der Waals surface area contributed by atoms with Gasteiger partial charge in [0.15, 0.2) is 0 Å². The van der Waals surface area contributed by atoms with E-state index in [2.05, 4.69) is 10.3 Å². The number of ether oxygens (including phenoxy) is 1. The highest BCUT2D eigenvalue weighted by atomic mass is 16.5. The lowest BCUT2D eigenvalue weighted by molar-refractivity contribution is -0.0546. The highest BCUT2D eigenvalue weighted by Crippen LogP contribution is 2.24. The van der Waals surface area contributed by atoms with Gasteiger partial charge in [0, 0.05) is 39.4 Å². The number of piperidine rings is 1. The zero-order valence-corrected chi connectivity index (χ0v) is 15.2. The number of benzene rings is 1. The van der Waals surface area contributed by atoms with Crippen LogP contribution in [0.25, 0.3) is 11.0 Å². The minimum atomic E-state index is -1.06. The fraction of sp³-hybridized carbons (Fsp3) is 0.556. The number of aliphatic hydroxyl groups is 2. The lowest BCUT2D eigenvalue weighted by atomic mass is 9.92. The summed E-state index contributed by atoms with van der Waals surface area (Å²) in [5.41, 5.74) is 1.20. The van der Waals surface area contributed by atoms with Crippen molar-refractivity contribution in [2.45, 2.75) is 18.4 Å². The maximum absolute atomic E-state index is 12.8. The molecule has 0 aliphatic carbocycles. The van der Waals surface area contributed by atoms with Crippen LogP contribution in [-0.2, 0) is 11.8 Å². The number of aromatic nitrogens is 2. The van der Waals surface area contributed by atoms with E-state index in [9.17, 15) is 15.0 Å². The van der Waals surface area contributed by atoms with E-state index in [4.69, 9.17) is 4.74 Å². The van der Waals surface area contributed by atoms with Crippen LogP contribution in [0.2, 0.25) is 0 Å². The van der Waals surface area contributed by atoms with Gasteiger partial charge in [0.2, 0.25) is 5.95 Å². The van der Waals surface area contributed by atoms with Gasteiger partial charge in [0.05, 0.1) is 29.8 Å². The predicted octanol–water partition coefficient (Wildman–Crippen LogP) is 0.591. The number of methoxy groups -OCH3 is 1. The van der Waals surface area contributed by atoms with Gasteiger partial charge < -0.3 is 29.7 Å². The molecule has 1 saturated heterocycles. The molecular formula is C18H26N4O4. The number of amides is 1. The van der Waals surface area contributed by atoms with E-state index in [1.165, 1.54) is 0 Å². The molecule has 26 heavy (non-hydrogen) atoms. The van der Waals surface area contributed by atoms with Crippen LogP contribution in [-0.4, -0.2) is 76.1 Å². The van der Waals surface area contributed by atoms with Crippen molar-refractivity contribution in [3.63, 3.8) is 0 Å². The standard InChI is InChI=1S/C18H26N4O4/c1-21-15-4-3-13(11-14(15)20-17(21)19-7-10-26-2)16(24)22-8-5-18(25,12-23)6-9-22/h3-4,11,23,25H,5-10,12H2,1-2H3,(H,19,20). The molecule has 3 rings (SSSR count). The number of hydrogen-bond acceptors (Lipinski definition) is 6. The summed E-state index contributed by atoms with van der Waals surface area (Å²) in [5, 5.41) is 22.5. The first-order chi connectivity index (χ1) is 12.5. The Hall–Kier alpha value is -2.16. The molecule has 1 fully saturated rings. The molecule has 142 valence electrons. The van der Waals surface area contributed by atoms with Crippen LogP contribution in [0.5, 0.6) is 0 Å². The number of aliphatic hydroxyl groups excluding tert-OH is 1. The first-order valence-corrected chi connectivity index (χ1v) is 8.79. The van der Waals surface area contributed by atoms with E-state index in [-0.39, 0.29) is 12.5 Å². The summed E-state index contributed by atoms with van der Waals surface area (Å²) in [4.78, 5) is 19.0. The summed E-state index contributed by atoms with van der Waals surface area (Å²) in [6.45, 7) is 1.83. The van der Waals surface area contributed by atoms with E-state index in [0.717, 1.165) is 17.0 Å². The molecule has 0 spiro atoms. The number of likely N-dealkylation sites (tertiary alicyclic amines) is 1. The lowest BCUT2D eigenvalue weighted by Gasteiger charge is -2.37. The van der Waals surface area contributed by atoms with Crippen molar-refractivity contribution in [1.29, 1.82) is 0 Å². The summed E-state index contributed by atoms with van der Waals surface area (Å²) in [7, 11) is 3.57. The largest absolute Gasteiger partial charge is 0.393 e. The van der Waals surface area contributed by atoms with Gasteiger partial charge in [-0.15, -0.1) is 0 Å². The van der Waals surface area contributed by atoms with Crippen molar-refractivity contribution in [3.8, 4) is 0 Å². The average molecular weight is 362 g/mol. The summed E-state index contributed by atoms with van der Waals surface area (Å²) in [5.74, 6) is 0.652. The zero-order chi connectivity index (χ0) is 18.7. The molecule has 2 heterocycles. The maximum atomic E-state index is 12.8. The van der Waals surface area contributed by atoms with Crippen molar-refractivity contribution < 1.29 is 19.7 Å². The van der Waals surface area contributed by atoms with Crippen LogP contribution in [0.4, 0.5) is 5.95 Å². The maximum Gasteiger partial charge on any atom is 0.253 e. The number of imidazole rings is 1. The Labute approximate surface area is 152 Å². The van der Waals surface area contributed by atoms with Gasteiger partial charge in [0.1, 0.15) is 0 Å². The zero-order valence-electron chi connectivity index (χ0n) is 15.2. The fourth-order valence-electron chi connectivity index (χ4n) is 3.22. The summed E-state index contributed by atoms with van der Waals surface area (Å²) < 4.78 is 6.98. The molecule has 8 nitrogen and oxygen atoms in total. The molecule has 0 atom stereocenters. The monoisotopic (exact) mass is 362 g/mol. The van der Waals surface area contributed by atoms with Crippen LogP contribution in [0, 0.1) is 0 Å². The van der Waals surface area contributed by atoms with Crippen LogP contribution in [0.15, 0.2) is 18.2 Å². The number of hydrogen-bond donors (Lipinski definition) is 3. The van der Waals surface area contributed by atoms with E-state index in [1.807, 2.05) is 17.7 Å². The molecule has 0 radical (unpaired) electrons. The van der Waals surface area contributed by atoms with Gasteiger partial charge in [-0.1, -0.05) is 0 Å². The molecular weight excluding hydrogens is 336 g/mol. The Morgan fingerprint density at radius 3 is 2.77 bits per heavy atom. The number of carbonyl (C=O) groups is 1. The Morgan fingerprint density at radius 2 is 2.12 bits per heavy atom. The Kier molecular flexibility index (Phi) is 5.45. The van der Waals surface area contributed by atoms with Crippen LogP contribution in [0.1, 0.15) is 23.2 Å². The Bertz CT molecular complexity index is 781. The smallest absolute Gasteiger partial charge is 0.253 e. The summed E-state index contributed by atoms with van der Waals surface area (Å²) in [6, 6.07) is 5.50. The second kappa shape index (κ2) is 7.61. The number of anilines is 1. The first kappa shape index (κ1) is 18.6. The Morgan fingerprint density at radius 1 is 1.38 bits per heavy atom. The quantitative estimate of drug-likeness (QED) is 0.651. The SMILES string of the molecule is COCCNc1nc2cc(C(=O)N3CCC(O)(CO)CC3)ccc2n1C. The van der Waals surface area contributed by atoms with Crippen molar-refractivity contribution in [1.82, 2.24) is 14.5 Å². The number of nitrogens with one attached hydrogen (secondary N) is 1. The van der Waals surface area contributed by atoms with E-state index in [0.29, 0.717) is 44.6 Å². The van der Waals surface area contributed by atoms with Gasteiger partial charge in [0.25, 0.3) is 5.91 Å². The third-order valence-corrected chi connectivity index (χ3v) is 4.99. The topological polar surface area (TPSA) is 99.8 Å². The third kappa shape index (κ3) is 3.67. The van der Waals surface area contributed by atoms with Crippen molar-refractivity contribution >= 4 is 22.9 Å². The van der Waals surface area contributed by atoms with Gasteiger partial charge >= 0.3 is 0 Å². The minimum absolute atomic E-state index is 0.0774. The molecule has 8 heteroatoms. The molecule has 0 unspecified atom stereocenters. The lowest BCUT2D eigenvalue weighted by Crippen LogP contribution is -2.48. The average Bonchev–Trinajstić information content (AvgIpc) is 2.97. The molecule has 1 aromatic heterocycles. The molecule has 1 aliphatic heterocycles. The second-order valence-corrected chi connectivity index (χ2v) is 6.79. The van der Waals surface area contributed by atoms with Crippen LogP contribution < -0.4 is 5.32 Å². The first-order valence-electron chi connectivity index (χ1n) is 8.79. The highest BCUT2D eigenvalue weighted by Gasteiger charge is 2.33. The summed E-state index contributed by atoms with van der Waals surface area (Å²) in [6.07, 6.45) is 0.767. The molecule has 0 saturated carbocycles. The molecule has 1 aromatic carbocycles. The Balaban J connectivity index is 1.75. The van der Waals surface area contributed by atoms with E-state index in [1.54, 1.807) is 24.1 Å². The van der Waals surface area contributed by atoms with E-state index < -0.39 is 5.60 Å². The molecule has 1 amide bonds. The van der Waals surface area contributed by atoms with Crippen molar-refractivity contribution in [2.24, 2.45) is 7.05 Å². The van der Waals surface area contributed by atoms with Crippen molar-refractivity contribution in [2.75, 3.05) is 45.3 Å². The van der Waals surface area contributed by atoms with Gasteiger partial charge in [-0.25, -0.2) is 4.98 Å². The molecule has 1 aliphatic rings. The van der Waals surface area contributed by atoms with Crippen LogP contribution in [0.3, 0.4) is 0 Å². The summed E-state index contributed by atoms with van der Waals surface area (Å²) >= 11 is 0. The number of nitrogens with zero attached hydrogens (tertiary/aromatic N) is 3. The number of carbonyl (C=O) groups excluding carboxylic acids is 1. The molecule has 2 aromatic rings. The highest BCUT2D eigenvalue weighted by molar-refractivity contribution is 5.97. The second-order valence-electron chi connectivity index (χ2n) is 6.79. The van der Waals surface area contributed by atoms with Gasteiger partial charge in [-0.2, -0.15) is 0 Å². The number of fused-ring (bicyclic) bond motifs is 1. The number of rotatable bonds is 6. The fourth-order valence-corrected chi connectivity index (χ4v) is 3.22. The number of aryl methyl sites for hydroxylation is 1. The molecule has 3 N–H and O–H groups in total. The van der Waals surface area contributed by atoms with E-state index >= 15 is 0 Å². The van der Waals surface area contributed by atoms with Gasteiger partial charge in [-0.05, 0) is 31.0 Å². The van der Waals surface area contributed by atoms with Gasteiger partial charge in [-0.3, -0.25) is 4.79 Å². The minimum Gasteiger partial charge on any atom is -0.393 e. The normalized spacial score (nSPS) is 16.8. The van der Waals surface area contributed by atoms with Crippen LogP contribution >= 0.6 is 0 Å². The predicted molar refractivity (Wildman–Crippen MR) is 98.3 cm³/mol. The molecule has 0 bridgehead atoms. The third-order valence-electron chi connectivity index (χ3n) is 4.99. The van der Waals surface area contributed by atoms with Crippen molar-refractivity contribution in [3.05, 3.63) is 23.8 Å².